The van der Waals surface area contributed by atoms with Crippen LogP contribution in [0.4, 0.5) is 0 Å². The molecule has 3 rings (SSSR count). The molecule has 1 aromatic rings. The molecule has 0 bridgehead atoms. The van der Waals surface area contributed by atoms with E-state index in [2.05, 4.69) is 0 Å². The fourth-order valence-electron chi connectivity index (χ4n) is 3.07. The second kappa shape index (κ2) is 5.55. The smallest absolute Gasteiger partial charge is 0.226 e. The van der Waals surface area contributed by atoms with Gasteiger partial charge in [0, 0.05) is 29.1 Å². The van der Waals surface area contributed by atoms with Crippen LogP contribution in [0.25, 0.3) is 0 Å². The van der Waals surface area contributed by atoms with Crippen molar-refractivity contribution in [2.45, 2.75) is 18.8 Å². The molecule has 1 aromatic carbocycles. The Kier molecular flexibility index (Phi) is 3.93. The maximum Gasteiger partial charge on any atom is 0.226 e. The van der Waals surface area contributed by atoms with E-state index in [1.54, 1.807) is 6.07 Å². The van der Waals surface area contributed by atoms with E-state index in [1.165, 1.54) is 0 Å². The number of amides is 1. The van der Waals surface area contributed by atoms with Crippen LogP contribution in [0, 0.1) is 11.8 Å². The van der Waals surface area contributed by atoms with Crippen molar-refractivity contribution >= 4 is 29.1 Å². The predicted molar refractivity (Wildman–Crippen MR) is 81.1 cm³/mol. The summed E-state index contributed by atoms with van der Waals surface area (Å²) >= 11 is 12.1. The molecule has 3 atom stereocenters. The van der Waals surface area contributed by atoms with Crippen molar-refractivity contribution in [2.24, 2.45) is 17.6 Å². The lowest BCUT2D eigenvalue weighted by atomic mass is 10.1. The van der Waals surface area contributed by atoms with E-state index < -0.39 is 0 Å². The third kappa shape index (κ3) is 2.67. The number of benzene rings is 1. The molecule has 20 heavy (non-hydrogen) atoms. The molecule has 2 N–H and O–H groups in total. The molecule has 0 unspecified atom stereocenters. The van der Waals surface area contributed by atoms with E-state index >= 15 is 0 Å². The Hall–Kier alpha value is -0.770. The van der Waals surface area contributed by atoms with E-state index in [-0.39, 0.29) is 17.7 Å². The summed E-state index contributed by atoms with van der Waals surface area (Å²) in [7, 11) is 0. The molecule has 0 spiro atoms. The van der Waals surface area contributed by atoms with Crippen molar-refractivity contribution in [3.8, 4) is 0 Å². The monoisotopic (exact) mass is 312 g/mol. The van der Waals surface area contributed by atoms with E-state index in [0.29, 0.717) is 22.5 Å². The molecule has 1 saturated heterocycles. The lowest BCUT2D eigenvalue weighted by molar-refractivity contribution is -0.131. The van der Waals surface area contributed by atoms with Crippen molar-refractivity contribution < 1.29 is 4.79 Å². The Balaban J connectivity index is 1.65. The van der Waals surface area contributed by atoms with Gasteiger partial charge in [-0.1, -0.05) is 29.3 Å². The Morgan fingerprint density at radius 3 is 2.85 bits per heavy atom. The summed E-state index contributed by atoms with van der Waals surface area (Å²) in [6.45, 7) is 2.33. The zero-order chi connectivity index (χ0) is 14.3. The van der Waals surface area contributed by atoms with Crippen molar-refractivity contribution in [3.05, 3.63) is 33.8 Å². The summed E-state index contributed by atoms with van der Waals surface area (Å²) in [6.07, 6.45) is 1.92. The van der Waals surface area contributed by atoms with Crippen molar-refractivity contribution in [1.82, 2.24) is 4.90 Å². The fourth-order valence-corrected chi connectivity index (χ4v) is 3.62. The molecule has 1 amide bonds. The van der Waals surface area contributed by atoms with Crippen LogP contribution < -0.4 is 5.73 Å². The van der Waals surface area contributed by atoms with E-state index in [9.17, 15) is 4.79 Å². The molecule has 1 saturated carbocycles. The molecule has 0 aromatic heterocycles. The first-order valence-corrected chi connectivity index (χ1v) is 7.79. The SMILES string of the molecule is NC[C@@H]1CCN(C(=O)[C@H]2C[C@@H]2c2ccc(Cl)cc2Cl)C1. The molecule has 1 aliphatic carbocycles. The number of halogens is 2. The molecule has 2 fully saturated rings. The summed E-state index contributed by atoms with van der Waals surface area (Å²) in [4.78, 5) is 14.4. The number of carbonyl (C=O) groups is 1. The topological polar surface area (TPSA) is 46.3 Å². The number of likely N-dealkylation sites (tertiary alicyclic amines) is 1. The third-order valence-corrected chi connectivity index (χ3v) is 4.96. The highest BCUT2D eigenvalue weighted by Crippen LogP contribution is 2.51. The Morgan fingerprint density at radius 1 is 1.40 bits per heavy atom. The number of nitrogens with two attached hydrogens (primary N) is 1. The van der Waals surface area contributed by atoms with E-state index in [1.807, 2.05) is 17.0 Å². The molecule has 108 valence electrons. The lowest BCUT2D eigenvalue weighted by Crippen LogP contribution is -2.31. The molecule has 1 aliphatic heterocycles. The first-order valence-electron chi connectivity index (χ1n) is 7.04. The number of nitrogens with zero attached hydrogens (tertiary/aromatic N) is 1. The van der Waals surface area contributed by atoms with Gasteiger partial charge < -0.3 is 10.6 Å². The first-order chi connectivity index (χ1) is 9.60. The summed E-state index contributed by atoms with van der Waals surface area (Å²) < 4.78 is 0. The van der Waals surface area contributed by atoms with Gasteiger partial charge in [0.05, 0.1) is 0 Å². The maximum atomic E-state index is 12.4. The summed E-state index contributed by atoms with van der Waals surface area (Å²) in [6, 6.07) is 5.52. The highest BCUT2D eigenvalue weighted by atomic mass is 35.5. The molecule has 5 heteroatoms. The van der Waals surface area contributed by atoms with Crippen LogP contribution in [0.2, 0.25) is 10.0 Å². The third-order valence-electron chi connectivity index (χ3n) is 4.40. The molecule has 3 nitrogen and oxygen atoms in total. The average molecular weight is 313 g/mol. The van der Waals surface area contributed by atoms with Gasteiger partial charge in [0.25, 0.3) is 0 Å². The highest BCUT2D eigenvalue weighted by molar-refractivity contribution is 6.35. The number of hydrogen-bond donors (Lipinski definition) is 1. The molecular formula is C15H18Cl2N2O. The molecule has 0 radical (unpaired) electrons. The zero-order valence-corrected chi connectivity index (χ0v) is 12.7. The maximum absolute atomic E-state index is 12.4. The zero-order valence-electron chi connectivity index (χ0n) is 11.2. The van der Waals surface area contributed by atoms with Crippen LogP contribution in [0.3, 0.4) is 0 Å². The second-order valence-electron chi connectivity index (χ2n) is 5.79. The van der Waals surface area contributed by atoms with E-state index in [4.69, 9.17) is 28.9 Å². The largest absolute Gasteiger partial charge is 0.342 e. The van der Waals surface area contributed by atoms with Gasteiger partial charge >= 0.3 is 0 Å². The van der Waals surface area contributed by atoms with Gasteiger partial charge in [-0.05, 0) is 48.9 Å². The fraction of sp³-hybridized carbons (Fsp3) is 0.533. The van der Waals surface area contributed by atoms with E-state index in [0.717, 1.165) is 31.5 Å². The first kappa shape index (κ1) is 14.2. The normalized spacial score (nSPS) is 28.8. The van der Waals surface area contributed by atoms with Gasteiger partial charge in [0.15, 0.2) is 0 Å². The van der Waals surface area contributed by atoms with Gasteiger partial charge in [0.2, 0.25) is 5.91 Å². The second-order valence-corrected chi connectivity index (χ2v) is 6.63. The van der Waals surface area contributed by atoms with Crippen LogP contribution in [0.5, 0.6) is 0 Å². The molecule has 2 aliphatic rings. The quantitative estimate of drug-likeness (QED) is 0.932. The summed E-state index contributed by atoms with van der Waals surface area (Å²) in [5.74, 6) is 1.07. The molecule has 1 heterocycles. The Morgan fingerprint density at radius 2 is 2.20 bits per heavy atom. The van der Waals surface area contributed by atoms with Gasteiger partial charge in [0.1, 0.15) is 0 Å². The highest BCUT2D eigenvalue weighted by Gasteiger charge is 2.47. The standard InChI is InChI=1S/C15H18Cl2N2O/c16-10-1-2-11(14(17)5-10)12-6-13(12)15(20)19-4-3-9(7-18)8-19/h1-2,5,9,12-13H,3-4,6-8,18H2/t9-,12+,13-/m0/s1. The number of carbonyl (C=O) groups excluding carboxylic acids is 1. The minimum Gasteiger partial charge on any atom is -0.342 e. The van der Waals surface area contributed by atoms with Crippen LogP contribution in [-0.2, 0) is 4.79 Å². The van der Waals surface area contributed by atoms with Gasteiger partial charge in [-0.25, -0.2) is 0 Å². The van der Waals surface area contributed by atoms with Gasteiger partial charge in [-0.2, -0.15) is 0 Å². The van der Waals surface area contributed by atoms with Crippen molar-refractivity contribution in [2.75, 3.05) is 19.6 Å². The van der Waals surface area contributed by atoms with Gasteiger partial charge in [-0.15, -0.1) is 0 Å². The van der Waals surface area contributed by atoms with Crippen LogP contribution in [0.15, 0.2) is 18.2 Å². The van der Waals surface area contributed by atoms with Crippen LogP contribution >= 0.6 is 23.2 Å². The van der Waals surface area contributed by atoms with Crippen LogP contribution in [-0.4, -0.2) is 30.4 Å². The average Bonchev–Trinajstić information content (AvgIpc) is 3.06. The minimum absolute atomic E-state index is 0.0881. The predicted octanol–water partition coefficient (Wildman–Crippen LogP) is 2.90. The van der Waals surface area contributed by atoms with Crippen molar-refractivity contribution in [1.29, 1.82) is 0 Å². The van der Waals surface area contributed by atoms with Crippen LogP contribution in [0.1, 0.15) is 24.3 Å². The van der Waals surface area contributed by atoms with Crippen molar-refractivity contribution in [3.63, 3.8) is 0 Å². The molecular weight excluding hydrogens is 295 g/mol. The minimum atomic E-state index is 0.0881. The Labute approximate surface area is 129 Å². The summed E-state index contributed by atoms with van der Waals surface area (Å²) in [5, 5.41) is 1.30. The number of rotatable bonds is 3. The van der Waals surface area contributed by atoms with Gasteiger partial charge in [-0.3, -0.25) is 4.79 Å². The summed E-state index contributed by atoms with van der Waals surface area (Å²) in [5.41, 5.74) is 6.72. The number of hydrogen-bond acceptors (Lipinski definition) is 2. The Bertz CT molecular complexity index is 535. The lowest BCUT2D eigenvalue weighted by Gasteiger charge is -2.16.